The molecule has 0 radical (unpaired) electrons. The average molecular weight is 367 g/mol. The Kier molecular flexibility index (Phi) is 6.99. The zero-order valence-electron chi connectivity index (χ0n) is 14.1. The van der Waals surface area contributed by atoms with E-state index in [1.165, 1.54) is 23.5 Å². The van der Waals surface area contributed by atoms with Gasteiger partial charge in [-0.3, -0.25) is 5.32 Å². The fourth-order valence-corrected chi connectivity index (χ4v) is 2.78. The van der Waals surface area contributed by atoms with Gasteiger partial charge >= 0.3 is 6.03 Å². The topological polar surface area (TPSA) is 104 Å². The van der Waals surface area contributed by atoms with E-state index in [2.05, 4.69) is 10.3 Å². The van der Waals surface area contributed by atoms with Crippen molar-refractivity contribution < 1.29 is 24.5 Å². The van der Waals surface area contributed by atoms with E-state index in [1.54, 1.807) is 30.6 Å². The van der Waals surface area contributed by atoms with Gasteiger partial charge in [-0.25, -0.2) is 9.78 Å². The van der Waals surface area contributed by atoms with E-state index in [9.17, 15) is 15.0 Å². The summed E-state index contributed by atoms with van der Waals surface area (Å²) in [6, 6.07) is 3.97. The van der Waals surface area contributed by atoms with Crippen LogP contribution in [0.5, 0.6) is 11.5 Å². The summed E-state index contributed by atoms with van der Waals surface area (Å²) in [5, 5.41) is 24.1. The molecule has 1 aromatic carbocycles. The number of ether oxygens (including phenoxy) is 2. The molecule has 0 saturated heterocycles. The molecule has 0 aliphatic rings. The van der Waals surface area contributed by atoms with E-state index in [-0.39, 0.29) is 17.5 Å². The van der Waals surface area contributed by atoms with Crippen molar-refractivity contribution in [3.8, 4) is 22.8 Å². The quantitative estimate of drug-likeness (QED) is 0.662. The Morgan fingerprint density at radius 2 is 1.92 bits per heavy atom. The van der Waals surface area contributed by atoms with Gasteiger partial charge in [-0.1, -0.05) is 0 Å². The van der Waals surface area contributed by atoms with Crippen LogP contribution in [0, 0.1) is 0 Å². The second kappa shape index (κ2) is 9.21. The third-order valence-corrected chi connectivity index (χ3v) is 4.15. The number of phenolic OH excluding ortho intramolecular Hbond substituents is 2. The van der Waals surface area contributed by atoms with Crippen LogP contribution in [0.25, 0.3) is 11.3 Å². The van der Waals surface area contributed by atoms with Crippen molar-refractivity contribution >= 4 is 22.5 Å². The number of aromatic hydroxyl groups is 2. The van der Waals surface area contributed by atoms with E-state index < -0.39 is 0 Å². The molecule has 2 rings (SSSR count). The number of amides is 2. The number of methoxy groups -OCH3 is 2. The first-order chi connectivity index (χ1) is 12.0. The molecule has 0 unspecified atom stereocenters. The molecule has 8 nitrogen and oxygen atoms in total. The van der Waals surface area contributed by atoms with Crippen LogP contribution in [0.4, 0.5) is 9.93 Å². The number of urea groups is 1. The first-order valence-electron chi connectivity index (χ1n) is 7.56. The lowest BCUT2D eigenvalue weighted by atomic mass is 10.1. The molecule has 9 heteroatoms. The number of hydrogen-bond acceptors (Lipinski definition) is 7. The van der Waals surface area contributed by atoms with E-state index in [1.807, 2.05) is 0 Å². The van der Waals surface area contributed by atoms with Crippen molar-refractivity contribution in [3.05, 3.63) is 23.6 Å². The lowest BCUT2D eigenvalue weighted by Gasteiger charge is -2.21. The molecular weight excluding hydrogens is 346 g/mol. The molecule has 2 aromatic rings. The summed E-state index contributed by atoms with van der Waals surface area (Å²) in [4.78, 5) is 18.3. The predicted molar refractivity (Wildman–Crippen MR) is 95.2 cm³/mol. The van der Waals surface area contributed by atoms with Gasteiger partial charge in [-0.2, -0.15) is 0 Å². The minimum absolute atomic E-state index is 0.0306. The largest absolute Gasteiger partial charge is 0.508 e. The Morgan fingerprint density at radius 1 is 1.24 bits per heavy atom. The standard InChI is InChI=1S/C16H21N3O5S/c1-23-7-5-19(6-8-24-2)16(22)18-15-17-13(10-25-15)12-4-3-11(20)9-14(12)21/h3-4,9-10,20-21H,5-8H2,1-2H3,(H,17,18,22). The molecule has 0 aliphatic heterocycles. The van der Waals surface area contributed by atoms with Gasteiger partial charge in [-0.05, 0) is 12.1 Å². The van der Waals surface area contributed by atoms with Gasteiger partial charge in [-0.15, -0.1) is 11.3 Å². The zero-order chi connectivity index (χ0) is 18.2. The molecule has 3 N–H and O–H groups in total. The second-order valence-electron chi connectivity index (χ2n) is 5.14. The number of thiazole rings is 1. The fraction of sp³-hybridized carbons (Fsp3) is 0.375. The Hall–Kier alpha value is -2.36. The fourth-order valence-electron chi connectivity index (χ4n) is 2.08. The SMILES string of the molecule is COCCN(CCOC)C(=O)Nc1nc(-c2ccc(O)cc2O)cs1. The first-order valence-corrected chi connectivity index (χ1v) is 8.44. The lowest BCUT2D eigenvalue weighted by Crippen LogP contribution is -2.39. The summed E-state index contributed by atoms with van der Waals surface area (Å²) < 4.78 is 10.0. The van der Waals surface area contributed by atoms with Crippen LogP contribution >= 0.6 is 11.3 Å². The van der Waals surface area contributed by atoms with Crippen LogP contribution in [0.3, 0.4) is 0 Å². The third kappa shape index (κ3) is 5.31. The van der Waals surface area contributed by atoms with Crippen molar-refractivity contribution in [3.63, 3.8) is 0 Å². The maximum atomic E-state index is 12.4. The average Bonchev–Trinajstić information content (AvgIpc) is 3.03. The molecule has 0 atom stereocenters. The summed E-state index contributed by atoms with van der Waals surface area (Å²) >= 11 is 1.24. The number of aromatic nitrogens is 1. The van der Waals surface area contributed by atoms with Gasteiger partial charge < -0.3 is 24.6 Å². The molecule has 0 fully saturated rings. The molecule has 1 aromatic heterocycles. The number of hydrogen-bond donors (Lipinski definition) is 3. The molecule has 0 aliphatic carbocycles. The van der Waals surface area contributed by atoms with Crippen LogP contribution in [-0.2, 0) is 9.47 Å². The summed E-state index contributed by atoms with van der Waals surface area (Å²) in [6.45, 7) is 1.70. The molecular formula is C16H21N3O5S. The monoisotopic (exact) mass is 367 g/mol. The second-order valence-corrected chi connectivity index (χ2v) is 6.00. The minimum Gasteiger partial charge on any atom is -0.508 e. The molecule has 2 amide bonds. The van der Waals surface area contributed by atoms with Gasteiger partial charge in [0.25, 0.3) is 0 Å². The van der Waals surface area contributed by atoms with E-state index in [0.717, 1.165) is 0 Å². The number of benzene rings is 1. The zero-order valence-corrected chi connectivity index (χ0v) is 14.9. The molecule has 0 bridgehead atoms. The Bertz CT molecular complexity index is 699. The number of rotatable bonds is 8. The number of anilines is 1. The van der Waals surface area contributed by atoms with Gasteiger partial charge in [0.05, 0.1) is 18.9 Å². The van der Waals surface area contributed by atoms with Crippen molar-refractivity contribution in [2.45, 2.75) is 0 Å². The molecule has 25 heavy (non-hydrogen) atoms. The summed E-state index contributed by atoms with van der Waals surface area (Å²) in [6.07, 6.45) is 0. The summed E-state index contributed by atoms with van der Waals surface area (Å²) in [7, 11) is 3.15. The van der Waals surface area contributed by atoms with Gasteiger partial charge in [0.1, 0.15) is 11.5 Å². The van der Waals surface area contributed by atoms with Gasteiger partial charge in [0.15, 0.2) is 5.13 Å². The summed E-state index contributed by atoms with van der Waals surface area (Å²) in [5.74, 6) is -0.109. The number of phenols is 2. The summed E-state index contributed by atoms with van der Waals surface area (Å²) in [5.41, 5.74) is 0.989. The normalized spacial score (nSPS) is 10.6. The van der Waals surface area contributed by atoms with Crippen molar-refractivity contribution in [2.75, 3.05) is 45.8 Å². The number of carbonyl (C=O) groups is 1. The predicted octanol–water partition coefficient (Wildman–Crippen LogP) is 2.35. The highest BCUT2D eigenvalue weighted by atomic mass is 32.1. The van der Waals surface area contributed by atoms with Crippen LogP contribution < -0.4 is 5.32 Å². The van der Waals surface area contributed by atoms with Crippen LogP contribution in [-0.4, -0.2) is 66.7 Å². The molecule has 0 saturated carbocycles. The third-order valence-electron chi connectivity index (χ3n) is 3.39. The van der Waals surface area contributed by atoms with E-state index >= 15 is 0 Å². The van der Waals surface area contributed by atoms with Crippen LogP contribution in [0.15, 0.2) is 23.6 Å². The highest BCUT2D eigenvalue weighted by Crippen LogP contribution is 2.33. The molecule has 0 spiro atoms. The first kappa shape index (κ1) is 19.0. The van der Waals surface area contributed by atoms with Gasteiger partial charge in [0.2, 0.25) is 0 Å². The molecule has 136 valence electrons. The lowest BCUT2D eigenvalue weighted by molar-refractivity contribution is 0.127. The Labute approximate surface area is 149 Å². The maximum Gasteiger partial charge on any atom is 0.323 e. The van der Waals surface area contributed by atoms with Gasteiger partial charge in [0, 0.05) is 44.3 Å². The highest BCUT2D eigenvalue weighted by molar-refractivity contribution is 7.14. The Morgan fingerprint density at radius 3 is 2.52 bits per heavy atom. The Balaban J connectivity index is 2.06. The van der Waals surface area contributed by atoms with Crippen LogP contribution in [0.2, 0.25) is 0 Å². The van der Waals surface area contributed by atoms with E-state index in [0.29, 0.717) is 42.7 Å². The maximum absolute atomic E-state index is 12.4. The molecule has 1 heterocycles. The van der Waals surface area contributed by atoms with Crippen molar-refractivity contribution in [2.24, 2.45) is 0 Å². The number of nitrogens with zero attached hydrogens (tertiary/aromatic N) is 2. The number of nitrogens with one attached hydrogen (secondary N) is 1. The van der Waals surface area contributed by atoms with Crippen molar-refractivity contribution in [1.29, 1.82) is 0 Å². The number of carbonyl (C=O) groups excluding carboxylic acids is 1. The van der Waals surface area contributed by atoms with E-state index in [4.69, 9.17) is 9.47 Å². The smallest absolute Gasteiger partial charge is 0.323 e. The van der Waals surface area contributed by atoms with Crippen LogP contribution in [0.1, 0.15) is 0 Å². The highest BCUT2D eigenvalue weighted by Gasteiger charge is 2.16. The van der Waals surface area contributed by atoms with Crippen molar-refractivity contribution in [1.82, 2.24) is 9.88 Å². The minimum atomic E-state index is -0.301.